The summed E-state index contributed by atoms with van der Waals surface area (Å²) in [4.78, 5) is 12.4. The number of nitrogens with zero attached hydrogens (tertiary/aromatic N) is 1. The molecule has 1 aliphatic rings. The van der Waals surface area contributed by atoms with Gasteiger partial charge in [-0.15, -0.1) is 0 Å². The predicted octanol–water partition coefficient (Wildman–Crippen LogP) is -0.388. The first kappa shape index (κ1) is 9.48. The average molecular weight is 172 g/mol. The molecule has 2 N–H and O–H groups in total. The highest BCUT2D eigenvalue weighted by molar-refractivity contribution is 5.66. The lowest BCUT2D eigenvalue weighted by Crippen LogP contribution is -2.48. The van der Waals surface area contributed by atoms with Crippen molar-refractivity contribution in [1.29, 1.82) is 0 Å². The maximum absolute atomic E-state index is 10.1. The van der Waals surface area contributed by atoms with Gasteiger partial charge in [0, 0.05) is 26.2 Å². The fourth-order valence-electron chi connectivity index (χ4n) is 1.46. The molecular weight excluding hydrogens is 156 g/mol. The Kier molecular flexibility index (Phi) is 3.49. The van der Waals surface area contributed by atoms with E-state index in [1.54, 1.807) is 0 Å². The summed E-state index contributed by atoms with van der Waals surface area (Å²) in [7, 11) is 2.09. The SMILES string of the molecule is CN1CC(CNCCC(=O)O)C1. The summed E-state index contributed by atoms with van der Waals surface area (Å²) in [5.41, 5.74) is 0. The number of carbonyl (C=O) groups is 1. The monoisotopic (exact) mass is 172 g/mol. The molecule has 0 saturated carbocycles. The molecule has 4 nitrogen and oxygen atoms in total. The van der Waals surface area contributed by atoms with Crippen LogP contribution in [0.25, 0.3) is 0 Å². The Bertz CT molecular complexity index is 155. The Hall–Kier alpha value is -0.610. The summed E-state index contributed by atoms with van der Waals surface area (Å²) in [5, 5.41) is 11.5. The molecule has 0 aromatic rings. The zero-order valence-electron chi connectivity index (χ0n) is 7.42. The lowest BCUT2D eigenvalue weighted by atomic mass is 10.0. The molecule has 0 bridgehead atoms. The zero-order chi connectivity index (χ0) is 8.97. The summed E-state index contributed by atoms with van der Waals surface area (Å²) >= 11 is 0. The second-order valence-corrected chi connectivity index (χ2v) is 3.44. The van der Waals surface area contributed by atoms with Crippen molar-refractivity contribution in [3.05, 3.63) is 0 Å². The van der Waals surface area contributed by atoms with E-state index in [0.29, 0.717) is 6.54 Å². The van der Waals surface area contributed by atoms with Gasteiger partial charge in [-0.2, -0.15) is 0 Å². The second-order valence-electron chi connectivity index (χ2n) is 3.44. The number of hydrogen-bond donors (Lipinski definition) is 2. The van der Waals surface area contributed by atoms with Crippen LogP contribution in [0.15, 0.2) is 0 Å². The summed E-state index contributed by atoms with van der Waals surface area (Å²) in [6.45, 7) is 3.83. The molecular formula is C8H16N2O2. The van der Waals surface area contributed by atoms with Crippen LogP contribution in [0, 0.1) is 5.92 Å². The van der Waals surface area contributed by atoms with Crippen molar-refractivity contribution in [2.24, 2.45) is 5.92 Å². The normalized spacial score (nSPS) is 19.1. The molecule has 4 heteroatoms. The number of nitrogens with one attached hydrogen (secondary N) is 1. The smallest absolute Gasteiger partial charge is 0.304 e. The Morgan fingerprint density at radius 3 is 2.83 bits per heavy atom. The van der Waals surface area contributed by atoms with Crippen molar-refractivity contribution >= 4 is 5.97 Å². The quantitative estimate of drug-likeness (QED) is 0.555. The van der Waals surface area contributed by atoms with Crippen LogP contribution in [-0.2, 0) is 4.79 Å². The van der Waals surface area contributed by atoms with E-state index < -0.39 is 5.97 Å². The molecule has 1 fully saturated rings. The third-order valence-electron chi connectivity index (χ3n) is 2.09. The molecule has 0 radical (unpaired) electrons. The molecule has 12 heavy (non-hydrogen) atoms. The Morgan fingerprint density at radius 1 is 1.67 bits per heavy atom. The first-order valence-corrected chi connectivity index (χ1v) is 4.29. The first-order valence-electron chi connectivity index (χ1n) is 4.29. The standard InChI is InChI=1S/C8H16N2O2/c1-10-5-7(6-10)4-9-3-2-8(11)12/h7,9H,2-6H2,1H3,(H,11,12). The third kappa shape index (κ3) is 3.19. The van der Waals surface area contributed by atoms with Gasteiger partial charge in [0.05, 0.1) is 6.42 Å². The van der Waals surface area contributed by atoms with Gasteiger partial charge in [0.15, 0.2) is 0 Å². The van der Waals surface area contributed by atoms with Gasteiger partial charge in [0.25, 0.3) is 0 Å². The van der Waals surface area contributed by atoms with E-state index in [4.69, 9.17) is 5.11 Å². The molecule has 70 valence electrons. The van der Waals surface area contributed by atoms with E-state index in [-0.39, 0.29) is 6.42 Å². The fraction of sp³-hybridized carbons (Fsp3) is 0.875. The van der Waals surface area contributed by atoms with Crippen LogP contribution in [0.2, 0.25) is 0 Å². The summed E-state index contributed by atoms with van der Waals surface area (Å²) < 4.78 is 0. The molecule has 0 unspecified atom stereocenters. The van der Waals surface area contributed by atoms with Gasteiger partial charge in [-0.3, -0.25) is 4.79 Å². The molecule has 1 rings (SSSR count). The van der Waals surface area contributed by atoms with Crippen molar-refractivity contribution < 1.29 is 9.90 Å². The lowest BCUT2D eigenvalue weighted by molar-refractivity contribution is -0.136. The van der Waals surface area contributed by atoms with E-state index in [1.165, 1.54) is 0 Å². The highest BCUT2D eigenvalue weighted by Crippen LogP contribution is 2.10. The van der Waals surface area contributed by atoms with Gasteiger partial charge in [0.2, 0.25) is 0 Å². The number of aliphatic carboxylic acids is 1. The lowest BCUT2D eigenvalue weighted by Gasteiger charge is -2.36. The van der Waals surface area contributed by atoms with Crippen LogP contribution in [0.1, 0.15) is 6.42 Å². The van der Waals surface area contributed by atoms with E-state index in [9.17, 15) is 4.79 Å². The molecule has 1 saturated heterocycles. The predicted molar refractivity (Wildman–Crippen MR) is 46.1 cm³/mol. The zero-order valence-corrected chi connectivity index (χ0v) is 7.42. The Labute approximate surface area is 72.6 Å². The van der Waals surface area contributed by atoms with Crippen molar-refractivity contribution in [2.75, 3.05) is 33.2 Å². The van der Waals surface area contributed by atoms with Crippen LogP contribution in [-0.4, -0.2) is 49.2 Å². The largest absolute Gasteiger partial charge is 0.481 e. The van der Waals surface area contributed by atoms with Crippen molar-refractivity contribution in [2.45, 2.75) is 6.42 Å². The highest BCUT2D eigenvalue weighted by Gasteiger charge is 2.21. The van der Waals surface area contributed by atoms with Crippen LogP contribution in [0.3, 0.4) is 0 Å². The minimum absolute atomic E-state index is 0.225. The van der Waals surface area contributed by atoms with Crippen LogP contribution < -0.4 is 5.32 Å². The maximum Gasteiger partial charge on any atom is 0.304 e. The fourth-order valence-corrected chi connectivity index (χ4v) is 1.46. The van der Waals surface area contributed by atoms with E-state index in [1.807, 2.05) is 0 Å². The van der Waals surface area contributed by atoms with E-state index in [0.717, 1.165) is 25.6 Å². The maximum atomic E-state index is 10.1. The van der Waals surface area contributed by atoms with Gasteiger partial charge < -0.3 is 15.3 Å². The second kappa shape index (κ2) is 4.42. The Morgan fingerprint density at radius 2 is 2.33 bits per heavy atom. The minimum atomic E-state index is -0.728. The van der Waals surface area contributed by atoms with Crippen molar-refractivity contribution in [3.63, 3.8) is 0 Å². The van der Waals surface area contributed by atoms with Gasteiger partial charge in [-0.1, -0.05) is 0 Å². The average Bonchev–Trinajstić information content (AvgIpc) is 1.93. The van der Waals surface area contributed by atoms with Crippen LogP contribution >= 0.6 is 0 Å². The van der Waals surface area contributed by atoms with Crippen LogP contribution in [0.5, 0.6) is 0 Å². The van der Waals surface area contributed by atoms with Gasteiger partial charge in [0.1, 0.15) is 0 Å². The molecule has 0 aromatic heterocycles. The number of carboxylic acid groups (broad SMARTS) is 1. The van der Waals surface area contributed by atoms with Crippen molar-refractivity contribution in [3.8, 4) is 0 Å². The minimum Gasteiger partial charge on any atom is -0.481 e. The van der Waals surface area contributed by atoms with E-state index in [2.05, 4.69) is 17.3 Å². The molecule has 0 atom stereocenters. The van der Waals surface area contributed by atoms with Gasteiger partial charge in [-0.05, 0) is 13.0 Å². The summed E-state index contributed by atoms with van der Waals surface area (Å²) in [6.07, 6.45) is 0.225. The topological polar surface area (TPSA) is 52.6 Å². The molecule has 1 aliphatic heterocycles. The van der Waals surface area contributed by atoms with Crippen molar-refractivity contribution in [1.82, 2.24) is 10.2 Å². The van der Waals surface area contributed by atoms with E-state index >= 15 is 0 Å². The number of carboxylic acids is 1. The molecule has 0 amide bonds. The molecule has 0 aliphatic carbocycles. The number of likely N-dealkylation sites (tertiary alicyclic amines) is 1. The third-order valence-corrected chi connectivity index (χ3v) is 2.09. The molecule has 1 heterocycles. The number of rotatable bonds is 5. The molecule has 0 aromatic carbocycles. The Balaban J connectivity index is 1.87. The number of hydrogen-bond acceptors (Lipinski definition) is 3. The summed E-state index contributed by atoms with van der Waals surface area (Å²) in [6, 6.07) is 0. The summed E-state index contributed by atoms with van der Waals surface area (Å²) in [5.74, 6) is -0.00276. The van der Waals surface area contributed by atoms with Gasteiger partial charge >= 0.3 is 5.97 Å². The van der Waals surface area contributed by atoms with Crippen LogP contribution in [0.4, 0.5) is 0 Å². The van der Waals surface area contributed by atoms with Gasteiger partial charge in [-0.25, -0.2) is 0 Å². The first-order chi connectivity index (χ1) is 5.68. The molecule has 0 spiro atoms. The highest BCUT2D eigenvalue weighted by atomic mass is 16.4.